The first-order valence-corrected chi connectivity index (χ1v) is 5.31. The van der Waals surface area contributed by atoms with Crippen molar-refractivity contribution in [3.63, 3.8) is 0 Å². The second kappa shape index (κ2) is 4.07. The maximum atomic E-state index is 13.2. The molecular formula is C9H9Br2FO. The molecule has 0 spiro atoms. The van der Waals surface area contributed by atoms with E-state index in [1.807, 2.05) is 13.0 Å². The van der Waals surface area contributed by atoms with Gasteiger partial charge in [0.2, 0.25) is 3.49 Å². The summed E-state index contributed by atoms with van der Waals surface area (Å²) < 4.78 is 11.2. The molecule has 72 valence electrons. The molecule has 13 heavy (non-hydrogen) atoms. The van der Waals surface area contributed by atoms with Crippen LogP contribution < -0.4 is 0 Å². The molecule has 1 atom stereocenters. The lowest BCUT2D eigenvalue weighted by molar-refractivity contribution is 0.114. The van der Waals surface area contributed by atoms with Gasteiger partial charge in [-0.05, 0) is 44.3 Å². The fraction of sp³-hybridized carbons (Fsp3) is 0.333. The minimum atomic E-state index is -1.96. The number of rotatable bonds is 2. The van der Waals surface area contributed by atoms with E-state index in [2.05, 4.69) is 31.9 Å². The molecule has 1 rings (SSSR count). The van der Waals surface area contributed by atoms with Crippen LogP contribution in [0.15, 0.2) is 24.3 Å². The van der Waals surface area contributed by atoms with Crippen molar-refractivity contribution in [3.8, 4) is 0 Å². The van der Waals surface area contributed by atoms with Crippen molar-refractivity contribution in [3.05, 3.63) is 35.4 Å². The zero-order valence-corrected chi connectivity index (χ0v) is 10.1. The topological polar surface area (TPSA) is 20.2 Å². The Morgan fingerprint density at radius 2 is 2.08 bits per heavy atom. The summed E-state index contributed by atoms with van der Waals surface area (Å²) in [6.45, 7) is 1.89. The Kier molecular flexibility index (Phi) is 3.49. The Bertz CT molecular complexity index is 296. The lowest BCUT2D eigenvalue weighted by Crippen LogP contribution is -2.16. The van der Waals surface area contributed by atoms with Gasteiger partial charge in [0.15, 0.2) is 0 Å². The van der Waals surface area contributed by atoms with Gasteiger partial charge in [-0.15, -0.1) is 0 Å². The molecule has 0 fully saturated rings. The quantitative estimate of drug-likeness (QED) is 0.830. The molecule has 0 aliphatic rings. The van der Waals surface area contributed by atoms with E-state index in [-0.39, 0.29) is 0 Å². The number of aliphatic hydroxyl groups is 1. The van der Waals surface area contributed by atoms with Crippen LogP contribution in [0.2, 0.25) is 0 Å². The molecule has 1 aromatic rings. The standard InChI is InChI=1S/C9H9Br2FO/c1-6-3-2-4-7(5-6)8(13)9(10,11)12/h2-5,8,13H,1H3. The third-order valence-electron chi connectivity index (χ3n) is 1.67. The van der Waals surface area contributed by atoms with E-state index in [9.17, 15) is 9.50 Å². The number of benzene rings is 1. The third kappa shape index (κ3) is 3.04. The smallest absolute Gasteiger partial charge is 0.248 e. The zero-order chi connectivity index (χ0) is 10.1. The largest absolute Gasteiger partial charge is 0.383 e. The molecule has 0 saturated carbocycles. The SMILES string of the molecule is Cc1cccc(C(O)C(F)(Br)Br)c1. The summed E-state index contributed by atoms with van der Waals surface area (Å²) in [6.07, 6.45) is -1.22. The van der Waals surface area contributed by atoms with Crippen molar-refractivity contribution in [1.82, 2.24) is 0 Å². The number of aryl methyl sites for hydroxylation is 1. The molecule has 4 heteroatoms. The van der Waals surface area contributed by atoms with Gasteiger partial charge in [0.05, 0.1) is 0 Å². The predicted octanol–water partition coefficient (Wildman–Crippen LogP) is 3.44. The van der Waals surface area contributed by atoms with Crippen LogP contribution in [0, 0.1) is 6.92 Å². The molecule has 0 saturated heterocycles. The van der Waals surface area contributed by atoms with Crippen LogP contribution in [-0.4, -0.2) is 8.59 Å². The molecule has 0 heterocycles. The predicted molar refractivity (Wildman–Crippen MR) is 57.8 cm³/mol. The van der Waals surface area contributed by atoms with Crippen molar-refractivity contribution in [2.45, 2.75) is 16.5 Å². The van der Waals surface area contributed by atoms with E-state index in [4.69, 9.17) is 0 Å². The molecule has 0 aliphatic heterocycles. The fourth-order valence-electron chi connectivity index (χ4n) is 1.03. The molecule has 0 aromatic heterocycles. The van der Waals surface area contributed by atoms with Crippen LogP contribution in [-0.2, 0) is 0 Å². The Morgan fingerprint density at radius 1 is 1.46 bits per heavy atom. The number of hydrogen-bond donors (Lipinski definition) is 1. The lowest BCUT2D eigenvalue weighted by Gasteiger charge is -2.18. The molecule has 0 bridgehead atoms. The van der Waals surface area contributed by atoms with Gasteiger partial charge >= 0.3 is 0 Å². The van der Waals surface area contributed by atoms with E-state index < -0.39 is 9.59 Å². The van der Waals surface area contributed by atoms with Gasteiger partial charge in [-0.25, -0.2) is 4.39 Å². The first kappa shape index (κ1) is 11.1. The highest BCUT2D eigenvalue weighted by Gasteiger charge is 2.32. The van der Waals surface area contributed by atoms with E-state index in [1.54, 1.807) is 18.2 Å². The van der Waals surface area contributed by atoms with Crippen molar-refractivity contribution < 1.29 is 9.50 Å². The van der Waals surface area contributed by atoms with Crippen LogP contribution in [0.1, 0.15) is 17.2 Å². The van der Waals surface area contributed by atoms with Crippen molar-refractivity contribution in [2.75, 3.05) is 0 Å². The van der Waals surface area contributed by atoms with E-state index in [0.717, 1.165) is 5.56 Å². The molecule has 0 amide bonds. The van der Waals surface area contributed by atoms with Crippen LogP contribution in [0.3, 0.4) is 0 Å². The average Bonchev–Trinajstić information content (AvgIpc) is 2.01. The maximum absolute atomic E-state index is 13.2. The fourth-order valence-corrected chi connectivity index (χ4v) is 1.56. The van der Waals surface area contributed by atoms with Gasteiger partial charge in [-0.1, -0.05) is 29.8 Å². The molecule has 1 nitrogen and oxygen atoms in total. The summed E-state index contributed by atoms with van der Waals surface area (Å²) in [6, 6.07) is 7.08. The van der Waals surface area contributed by atoms with Gasteiger partial charge in [0.1, 0.15) is 6.10 Å². The summed E-state index contributed by atoms with van der Waals surface area (Å²) >= 11 is 5.41. The monoisotopic (exact) mass is 310 g/mol. The molecule has 1 aromatic carbocycles. The van der Waals surface area contributed by atoms with Crippen LogP contribution in [0.5, 0.6) is 0 Å². The van der Waals surface area contributed by atoms with Crippen molar-refractivity contribution in [1.29, 1.82) is 0 Å². The summed E-state index contributed by atoms with van der Waals surface area (Å²) in [7, 11) is 0. The minimum Gasteiger partial charge on any atom is -0.383 e. The molecule has 1 unspecified atom stereocenters. The first-order chi connectivity index (χ1) is 5.91. The minimum absolute atomic E-state index is 0.538. The Balaban J connectivity index is 2.96. The van der Waals surface area contributed by atoms with Crippen molar-refractivity contribution >= 4 is 31.9 Å². The first-order valence-electron chi connectivity index (χ1n) is 3.72. The van der Waals surface area contributed by atoms with E-state index >= 15 is 0 Å². The Morgan fingerprint density at radius 3 is 2.54 bits per heavy atom. The van der Waals surface area contributed by atoms with Crippen molar-refractivity contribution in [2.24, 2.45) is 0 Å². The average molecular weight is 312 g/mol. The lowest BCUT2D eigenvalue weighted by atomic mass is 10.1. The summed E-state index contributed by atoms with van der Waals surface area (Å²) in [4.78, 5) is 0. The van der Waals surface area contributed by atoms with E-state index in [0.29, 0.717) is 5.56 Å². The second-order valence-electron chi connectivity index (χ2n) is 2.86. The number of hydrogen-bond acceptors (Lipinski definition) is 1. The third-order valence-corrected chi connectivity index (χ3v) is 2.54. The summed E-state index contributed by atoms with van der Waals surface area (Å²) in [5.41, 5.74) is 1.53. The van der Waals surface area contributed by atoms with E-state index in [1.165, 1.54) is 0 Å². The summed E-state index contributed by atoms with van der Waals surface area (Å²) in [5.74, 6) is 0. The number of alkyl halides is 3. The zero-order valence-electron chi connectivity index (χ0n) is 6.97. The molecular weight excluding hydrogens is 303 g/mol. The highest BCUT2D eigenvalue weighted by atomic mass is 79.9. The van der Waals surface area contributed by atoms with Crippen LogP contribution in [0.4, 0.5) is 4.39 Å². The summed E-state index contributed by atoms with van der Waals surface area (Å²) in [5, 5.41) is 9.51. The highest BCUT2D eigenvalue weighted by molar-refractivity contribution is 9.25. The molecule has 0 aliphatic carbocycles. The molecule has 0 radical (unpaired) electrons. The Labute approximate surface area is 93.2 Å². The van der Waals surface area contributed by atoms with Gasteiger partial charge in [0.25, 0.3) is 0 Å². The normalized spacial score (nSPS) is 14.2. The highest BCUT2D eigenvalue weighted by Crippen LogP contribution is 2.40. The van der Waals surface area contributed by atoms with Gasteiger partial charge in [-0.2, -0.15) is 0 Å². The molecule has 1 N–H and O–H groups in total. The second-order valence-corrected chi connectivity index (χ2v) is 6.23. The number of aliphatic hydroxyl groups excluding tert-OH is 1. The van der Waals surface area contributed by atoms with Crippen LogP contribution in [0.25, 0.3) is 0 Å². The Hall–Kier alpha value is 0.0700. The maximum Gasteiger partial charge on any atom is 0.248 e. The van der Waals surface area contributed by atoms with Gasteiger partial charge in [-0.3, -0.25) is 0 Å². The van der Waals surface area contributed by atoms with Crippen LogP contribution >= 0.6 is 31.9 Å². The number of halogens is 3. The van der Waals surface area contributed by atoms with Gasteiger partial charge in [0, 0.05) is 0 Å². The van der Waals surface area contributed by atoms with Gasteiger partial charge < -0.3 is 5.11 Å².